The number of thioether (sulfide) groups is 1. The third-order valence-corrected chi connectivity index (χ3v) is 3.46. The van der Waals surface area contributed by atoms with Gasteiger partial charge in [0.25, 0.3) is 0 Å². The SMILES string of the molecule is CCCCSc1nnc2ccc(C(F)(F)F)cn12. The average Bonchev–Trinajstić information content (AvgIpc) is 2.71. The normalized spacial score (nSPS) is 12.2. The van der Waals surface area contributed by atoms with Crippen molar-refractivity contribution in [2.45, 2.75) is 31.1 Å². The number of fused-ring (bicyclic) bond motifs is 1. The molecule has 0 aliphatic carbocycles. The highest BCUT2D eigenvalue weighted by molar-refractivity contribution is 7.99. The van der Waals surface area contributed by atoms with E-state index in [2.05, 4.69) is 17.1 Å². The highest BCUT2D eigenvalue weighted by Crippen LogP contribution is 2.30. The summed E-state index contributed by atoms with van der Waals surface area (Å²) in [7, 11) is 0. The van der Waals surface area contributed by atoms with Gasteiger partial charge < -0.3 is 0 Å². The Hall–Kier alpha value is -1.24. The summed E-state index contributed by atoms with van der Waals surface area (Å²) < 4.78 is 39.2. The van der Waals surface area contributed by atoms with Crippen molar-refractivity contribution < 1.29 is 13.2 Å². The minimum Gasteiger partial charge on any atom is -0.277 e. The molecule has 0 spiro atoms. The zero-order valence-electron chi connectivity index (χ0n) is 9.74. The molecule has 3 nitrogen and oxygen atoms in total. The van der Waals surface area contributed by atoms with Crippen molar-refractivity contribution in [3.05, 3.63) is 23.9 Å². The van der Waals surface area contributed by atoms with Gasteiger partial charge in [-0.15, -0.1) is 10.2 Å². The van der Waals surface area contributed by atoms with Gasteiger partial charge in [-0.2, -0.15) is 13.2 Å². The summed E-state index contributed by atoms with van der Waals surface area (Å²) in [5.41, 5.74) is -0.255. The number of aromatic nitrogens is 3. The van der Waals surface area contributed by atoms with E-state index < -0.39 is 11.7 Å². The van der Waals surface area contributed by atoms with Gasteiger partial charge in [0.05, 0.1) is 5.56 Å². The van der Waals surface area contributed by atoms with Crippen LogP contribution in [0.1, 0.15) is 25.3 Å². The molecule has 0 atom stereocenters. The van der Waals surface area contributed by atoms with Gasteiger partial charge in [-0.1, -0.05) is 25.1 Å². The smallest absolute Gasteiger partial charge is 0.277 e. The Morgan fingerprint density at radius 1 is 1.28 bits per heavy atom. The molecule has 0 saturated heterocycles. The maximum atomic E-state index is 12.6. The third kappa shape index (κ3) is 2.77. The molecule has 0 aliphatic rings. The second-order valence-corrected chi connectivity index (χ2v) is 4.89. The second-order valence-electron chi connectivity index (χ2n) is 3.83. The summed E-state index contributed by atoms with van der Waals surface area (Å²) in [5, 5.41) is 8.25. The van der Waals surface area contributed by atoms with Crippen LogP contribution in [0.4, 0.5) is 13.2 Å². The van der Waals surface area contributed by atoms with Crippen LogP contribution in [0.3, 0.4) is 0 Å². The van der Waals surface area contributed by atoms with E-state index in [1.807, 2.05) is 0 Å². The van der Waals surface area contributed by atoms with Crippen LogP contribution >= 0.6 is 11.8 Å². The van der Waals surface area contributed by atoms with Crippen LogP contribution in [0.5, 0.6) is 0 Å². The van der Waals surface area contributed by atoms with Crippen LogP contribution in [0.15, 0.2) is 23.5 Å². The van der Waals surface area contributed by atoms with Crippen molar-refractivity contribution in [1.29, 1.82) is 0 Å². The molecule has 2 rings (SSSR count). The molecule has 0 fully saturated rings. The fourth-order valence-corrected chi connectivity index (χ4v) is 2.44. The Bertz CT molecular complexity index is 536. The van der Waals surface area contributed by atoms with E-state index in [4.69, 9.17) is 0 Å². The van der Waals surface area contributed by atoms with E-state index >= 15 is 0 Å². The first kappa shape index (κ1) is 13.2. The fraction of sp³-hybridized carbons (Fsp3) is 0.455. The molecule has 2 aromatic rings. The predicted molar refractivity (Wildman–Crippen MR) is 63.6 cm³/mol. The summed E-state index contributed by atoms with van der Waals surface area (Å²) in [6.45, 7) is 2.06. The highest BCUT2D eigenvalue weighted by atomic mass is 32.2. The molecule has 98 valence electrons. The van der Waals surface area contributed by atoms with Crippen molar-refractivity contribution in [1.82, 2.24) is 14.6 Å². The summed E-state index contributed by atoms with van der Waals surface area (Å²) in [5.74, 6) is 0.827. The van der Waals surface area contributed by atoms with E-state index in [0.29, 0.717) is 10.8 Å². The summed E-state index contributed by atoms with van der Waals surface area (Å²) >= 11 is 1.42. The molecule has 0 saturated carbocycles. The minimum absolute atomic E-state index is 0.432. The first-order valence-corrected chi connectivity index (χ1v) is 6.55. The molecule has 2 heterocycles. The number of rotatable bonds is 4. The van der Waals surface area contributed by atoms with Crippen LogP contribution < -0.4 is 0 Å². The Balaban J connectivity index is 2.31. The first-order valence-electron chi connectivity index (χ1n) is 5.57. The average molecular weight is 275 g/mol. The maximum Gasteiger partial charge on any atom is 0.417 e. The van der Waals surface area contributed by atoms with Gasteiger partial charge >= 0.3 is 6.18 Å². The lowest BCUT2D eigenvalue weighted by Crippen LogP contribution is -2.06. The number of halogens is 3. The molecule has 0 amide bonds. The lowest BCUT2D eigenvalue weighted by molar-refractivity contribution is -0.137. The zero-order valence-corrected chi connectivity index (χ0v) is 10.6. The summed E-state index contributed by atoms with van der Waals surface area (Å²) in [6.07, 6.45) is -1.26. The highest BCUT2D eigenvalue weighted by Gasteiger charge is 2.31. The molecule has 0 radical (unpaired) electrons. The first-order chi connectivity index (χ1) is 8.52. The third-order valence-electron chi connectivity index (χ3n) is 2.43. The van der Waals surface area contributed by atoms with Crippen LogP contribution in [0, 0.1) is 0 Å². The largest absolute Gasteiger partial charge is 0.417 e. The lowest BCUT2D eigenvalue weighted by atomic mass is 10.3. The number of unbranched alkanes of at least 4 members (excludes halogenated alkanes) is 1. The van der Waals surface area contributed by atoms with Gasteiger partial charge in [-0.25, -0.2) is 0 Å². The van der Waals surface area contributed by atoms with E-state index in [9.17, 15) is 13.2 Å². The van der Waals surface area contributed by atoms with Gasteiger partial charge in [0.2, 0.25) is 0 Å². The van der Waals surface area contributed by atoms with Crippen molar-refractivity contribution in [2.75, 3.05) is 5.75 Å². The number of pyridine rings is 1. The Morgan fingerprint density at radius 2 is 2.06 bits per heavy atom. The Morgan fingerprint density at radius 3 is 2.72 bits per heavy atom. The van der Waals surface area contributed by atoms with Gasteiger partial charge in [0, 0.05) is 11.9 Å². The van der Waals surface area contributed by atoms with Crippen LogP contribution in [-0.2, 0) is 6.18 Å². The number of hydrogen-bond donors (Lipinski definition) is 0. The molecular weight excluding hydrogens is 263 g/mol. The van der Waals surface area contributed by atoms with Crippen molar-refractivity contribution >= 4 is 17.4 Å². The molecule has 2 aromatic heterocycles. The molecule has 0 aliphatic heterocycles. The summed E-state index contributed by atoms with van der Waals surface area (Å²) in [6, 6.07) is 2.35. The molecule has 18 heavy (non-hydrogen) atoms. The van der Waals surface area contributed by atoms with E-state index in [0.717, 1.165) is 30.9 Å². The number of alkyl halides is 3. The predicted octanol–water partition coefficient (Wildman–Crippen LogP) is 3.64. The van der Waals surface area contributed by atoms with Gasteiger partial charge in [-0.3, -0.25) is 4.40 Å². The number of nitrogens with zero attached hydrogens (tertiary/aromatic N) is 3. The Kier molecular flexibility index (Phi) is 3.79. The monoisotopic (exact) mass is 275 g/mol. The lowest BCUT2D eigenvalue weighted by Gasteiger charge is -2.07. The zero-order chi connectivity index (χ0) is 13.2. The van der Waals surface area contributed by atoms with Crippen molar-refractivity contribution in [3.8, 4) is 0 Å². The topological polar surface area (TPSA) is 30.2 Å². The molecule has 0 aromatic carbocycles. The molecule has 0 unspecified atom stereocenters. The van der Waals surface area contributed by atoms with Crippen molar-refractivity contribution in [3.63, 3.8) is 0 Å². The molecule has 7 heteroatoms. The summed E-state index contributed by atoms with van der Waals surface area (Å²) in [4.78, 5) is 0. The number of hydrogen-bond acceptors (Lipinski definition) is 3. The fourth-order valence-electron chi connectivity index (χ4n) is 1.44. The minimum atomic E-state index is -4.34. The molecular formula is C11H12F3N3S. The van der Waals surface area contributed by atoms with E-state index in [1.54, 1.807) is 0 Å². The van der Waals surface area contributed by atoms with Gasteiger partial charge in [0.1, 0.15) is 0 Å². The van der Waals surface area contributed by atoms with Crippen LogP contribution in [0.2, 0.25) is 0 Å². The Labute approximate surface area is 106 Å². The van der Waals surface area contributed by atoms with Gasteiger partial charge in [0.15, 0.2) is 10.8 Å². The van der Waals surface area contributed by atoms with Crippen LogP contribution in [0.25, 0.3) is 5.65 Å². The van der Waals surface area contributed by atoms with E-state index in [-0.39, 0.29) is 0 Å². The maximum absolute atomic E-state index is 12.6. The molecule has 0 bridgehead atoms. The van der Waals surface area contributed by atoms with Crippen LogP contribution in [-0.4, -0.2) is 20.4 Å². The van der Waals surface area contributed by atoms with E-state index in [1.165, 1.54) is 22.2 Å². The quantitative estimate of drug-likeness (QED) is 0.630. The second kappa shape index (κ2) is 5.17. The standard InChI is InChI=1S/C11H12F3N3S/c1-2-3-6-18-10-16-15-9-5-4-8(7-17(9)10)11(12,13)14/h4-5,7H,2-3,6H2,1H3. The molecule has 0 N–H and O–H groups in total. The van der Waals surface area contributed by atoms with Gasteiger partial charge in [-0.05, 0) is 18.6 Å². The van der Waals surface area contributed by atoms with Crippen molar-refractivity contribution in [2.24, 2.45) is 0 Å².